The number of benzene rings is 2. The maximum atomic E-state index is 11.5. The summed E-state index contributed by atoms with van der Waals surface area (Å²) in [6, 6.07) is 15.1. The van der Waals surface area contributed by atoms with E-state index in [4.69, 9.17) is 29.9 Å². The van der Waals surface area contributed by atoms with Crippen LogP contribution in [0.5, 0.6) is 0 Å². The van der Waals surface area contributed by atoms with Gasteiger partial charge < -0.3 is 4.74 Å². The van der Waals surface area contributed by atoms with E-state index in [0.717, 1.165) is 40.6 Å². The third-order valence-corrected chi connectivity index (χ3v) is 4.45. The second-order valence-electron chi connectivity index (χ2n) is 6.67. The van der Waals surface area contributed by atoms with Gasteiger partial charge in [-0.25, -0.2) is 9.79 Å². The molecule has 2 aromatic rings. The van der Waals surface area contributed by atoms with Crippen LogP contribution in [0.3, 0.4) is 0 Å². The predicted octanol–water partition coefficient (Wildman–Crippen LogP) is 6.77. The van der Waals surface area contributed by atoms with Gasteiger partial charge in [-0.15, -0.1) is 0 Å². The fourth-order valence-electron chi connectivity index (χ4n) is 2.81. The van der Waals surface area contributed by atoms with Crippen molar-refractivity contribution in [3.05, 3.63) is 71.4 Å². The summed E-state index contributed by atoms with van der Waals surface area (Å²) in [4.78, 5) is 25.5. The first-order valence-electron chi connectivity index (χ1n) is 9.37. The molecule has 1 aliphatic rings. The van der Waals surface area contributed by atoms with Gasteiger partial charge in [0, 0.05) is 6.42 Å². The minimum atomic E-state index is -0.358. The second kappa shape index (κ2) is 12.6. The van der Waals surface area contributed by atoms with Crippen LogP contribution in [-0.2, 0) is 17.9 Å². The summed E-state index contributed by atoms with van der Waals surface area (Å²) in [6.45, 7) is 5.97. The van der Waals surface area contributed by atoms with E-state index in [9.17, 15) is 4.79 Å². The summed E-state index contributed by atoms with van der Waals surface area (Å²) in [6.07, 6.45) is 2.80. The first-order valence-corrected chi connectivity index (χ1v) is 12.4. The van der Waals surface area contributed by atoms with E-state index in [0.29, 0.717) is 5.56 Å². The molecule has 0 saturated carbocycles. The van der Waals surface area contributed by atoms with E-state index >= 15 is 0 Å². The molecule has 0 N–H and O–H groups in total. The van der Waals surface area contributed by atoms with Gasteiger partial charge in [0.1, 0.15) is 0 Å². The molecule has 1 aliphatic heterocycles. The Kier molecular flexibility index (Phi) is 10.2. The first kappa shape index (κ1) is 25.0. The molecule has 0 saturated heterocycles. The zero-order valence-corrected chi connectivity index (χ0v) is 20.3. The Labute approximate surface area is 197 Å². The molecule has 8 heteroatoms. The van der Waals surface area contributed by atoms with Crippen molar-refractivity contribution < 1.29 is 22.7 Å². The minimum absolute atomic E-state index is 0.194. The molecule has 0 radical (unpaired) electrons. The van der Waals surface area contributed by atoms with Crippen molar-refractivity contribution in [1.82, 2.24) is 0 Å². The summed E-state index contributed by atoms with van der Waals surface area (Å²) < 4.78 is 4.71. The Morgan fingerprint density at radius 2 is 1.48 bits per heavy atom. The Hall–Kier alpha value is -2.24. The molecule has 3 rings (SSSR count). The van der Waals surface area contributed by atoms with Crippen molar-refractivity contribution in [3.8, 4) is 0 Å². The normalized spacial score (nSPS) is 13.9. The maximum absolute atomic E-state index is 11.5. The summed E-state index contributed by atoms with van der Waals surface area (Å²) in [5.74, 6) is -0.358. The van der Waals surface area contributed by atoms with Crippen molar-refractivity contribution in [2.75, 3.05) is 7.11 Å². The molecule has 0 aliphatic carbocycles. The van der Waals surface area contributed by atoms with Crippen LogP contribution in [0.25, 0.3) is 0 Å². The number of carbonyl (C=O) groups is 1. The predicted molar refractivity (Wildman–Crippen MR) is 126 cm³/mol. The van der Waals surface area contributed by atoms with Gasteiger partial charge >= 0.3 is 39.3 Å². The standard InChI is InChI=1S/C23H23N3O2.2ClH.Fe/c1-15-5-9-19(10-6-15)24-16(2)21-13-14-22(26-21)17(3)25-20-11-7-18(8-12-20)23(27)28-4;;;/h5-12,14H,13H2,1-4H3;2*1H;/q;;;+2/p-2. The summed E-state index contributed by atoms with van der Waals surface area (Å²) >= 11 is 0.194. The van der Waals surface area contributed by atoms with Gasteiger partial charge in [-0.05, 0) is 57.2 Å². The van der Waals surface area contributed by atoms with Crippen molar-refractivity contribution in [1.29, 1.82) is 0 Å². The van der Waals surface area contributed by atoms with Gasteiger partial charge in [0.15, 0.2) is 0 Å². The Bertz CT molecular complexity index is 1030. The van der Waals surface area contributed by atoms with Gasteiger partial charge in [0.25, 0.3) is 0 Å². The van der Waals surface area contributed by atoms with Crippen molar-refractivity contribution in [3.63, 3.8) is 0 Å². The van der Waals surface area contributed by atoms with Crippen molar-refractivity contribution in [2.24, 2.45) is 15.0 Å². The van der Waals surface area contributed by atoms with Gasteiger partial charge in [0.05, 0.1) is 46.9 Å². The molecule has 0 atom stereocenters. The number of carbonyl (C=O) groups excluding carboxylic acids is 1. The fourth-order valence-corrected chi connectivity index (χ4v) is 2.81. The van der Waals surface area contributed by atoms with E-state index in [1.807, 2.05) is 26.0 Å². The average molecular weight is 500 g/mol. The molecule has 0 unspecified atom stereocenters. The number of allylic oxidation sites excluding steroid dienone is 2. The van der Waals surface area contributed by atoms with Crippen LogP contribution in [0.2, 0.25) is 0 Å². The fraction of sp³-hybridized carbons (Fsp3) is 0.217. The van der Waals surface area contributed by atoms with Gasteiger partial charge in [-0.2, -0.15) is 0 Å². The molecule has 0 fully saturated rings. The molecular formula is C23H23Cl2FeN3O2. The molecule has 31 heavy (non-hydrogen) atoms. The number of aryl methyl sites for hydroxylation is 1. The van der Waals surface area contributed by atoms with Crippen LogP contribution >= 0.6 is 20.2 Å². The van der Waals surface area contributed by atoms with Crippen LogP contribution in [0.1, 0.15) is 36.2 Å². The first-order chi connectivity index (χ1) is 14.9. The molecule has 0 bridgehead atoms. The van der Waals surface area contributed by atoms with Gasteiger partial charge in [0.2, 0.25) is 0 Å². The molecule has 164 valence electrons. The molecule has 0 amide bonds. The van der Waals surface area contributed by atoms with Crippen molar-refractivity contribution >= 4 is 54.7 Å². The number of nitrogens with zero attached hydrogens (tertiary/aromatic N) is 3. The number of ether oxygens (including phenoxy) is 1. The van der Waals surface area contributed by atoms with E-state index in [-0.39, 0.29) is 19.1 Å². The number of methoxy groups -OCH3 is 1. The SMILES string of the molecule is COC(=O)c1ccc(N=C(C)C2=CCC(C(C)=Nc3ccc(C)cc3)=N2)cc1.[Cl][Fe][Cl]. The monoisotopic (exact) mass is 499 g/mol. The van der Waals surface area contributed by atoms with E-state index < -0.39 is 0 Å². The molecule has 0 spiro atoms. The number of hydrogen-bond acceptors (Lipinski definition) is 5. The third kappa shape index (κ3) is 7.75. The zero-order valence-electron chi connectivity index (χ0n) is 17.7. The van der Waals surface area contributed by atoms with E-state index in [2.05, 4.69) is 35.1 Å². The van der Waals surface area contributed by atoms with Crippen LogP contribution < -0.4 is 0 Å². The Balaban J connectivity index is 0.00000107. The van der Waals surface area contributed by atoms with Crippen LogP contribution in [0, 0.1) is 6.92 Å². The number of aliphatic imine (C=N–C) groups is 3. The summed E-state index contributed by atoms with van der Waals surface area (Å²) in [5, 5.41) is 0. The number of hydrogen-bond donors (Lipinski definition) is 0. The zero-order chi connectivity index (χ0) is 22.8. The molecular weight excluding hydrogens is 477 g/mol. The Morgan fingerprint density at radius 1 is 0.968 bits per heavy atom. The van der Waals surface area contributed by atoms with Crippen LogP contribution in [0.4, 0.5) is 11.4 Å². The topological polar surface area (TPSA) is 63.4 Å². The second-order valence-corrected chi connectivity index (χ2v) is 8.49. The third-order valence-electron chi connectivity index (χ3n) is 4.45. The average Bonchev–Trinajstić information content (AvgIpc) is 3.27. The number of rotatable bonds is 5. The van der Waals surface area contributed by atoms with E-state index in [1.165, 1.54) is 12.7 Å². The molecule has 2 aromatic carbocycles. The summed E-state index contributed by atoms with van der Waals surface area (Å²) in [7, 11) is 10.9. The molecule has 5 nitrogen and oxygen atoms in total. The number of esters is 1. The quantitative estimate of drug-likeness (QED) is 0.259. The molecule has 0 aromatic heterocycles. The van der Waals surface area contributed by atoms with Crippen LogP contribution in [0.15, 0.2) is 75.3 Å². The van der Waals surface area contributed by atoms with Gasteiger partial charge in [-0.1, -0.05) is 23.8 Å². The van der Waals surface area contributed by atoms with E-state index in [1.54, 1.807) is 24.3 Å². The Morgan fingerprint density at radius 3 is 2.03 bits per heavy atom. The van der Waals surface area contributed by atoms with Crippen LogP contribution in [-0.4, -0.2) is 30.2 Å². The number of halogens is 2. The van der Waals surface area contributed by atoms with Crippen molar-refractivity contribution in [2.45, 2.75) is 27.2 Å². The van der Waals surface area contributed by atoms with Gasteiger partial charge in [-0.3, -0.25) is 9.98 Å². The molecule has 1 heterocycles. The summed E-state index contributed by atoms with van der Waals surface area (Å²) in [5.41, 5.74) is 6.94.